The second-order valence-corrected chi connectivity index (χ2v) is 5.94. The van der Waals surface area contributed by atoms with E-state index in [1.807, 2.05) is 0 Å². The lowest BCUT2D eigenvalue weighted by Crippen LogP contribution is -2.28. The van der Waals surface area contributed by atoms with Crippen LogP contribution in [0.15, 0.2) is 66.1 Å². The summed E-state index contributed by atoms with van der Waals surface area (Å²) in [5.74, 6) is 0. The topological polar surface area (TPSA) is 70.5 Å². The fraction of sp³-hybridized carbons (Fsp3) is 0. The molecule has 0 atom stereocenters. The van der Waals surface area contributed by atoms with Gasteiger partial charge in [0.1, 0.15) is 5.69 Å². The van der Waals surface area contributed by atoms with E-state index >= 15 is 0 Å². The van der Waals surface area contributed by atoms with Crippen molar-refractivity contribution in [1.82, 2.24) is 29.3 Å². The Balaban J connectivity index is 2.02. The summed E-state index contributed by atoms with van der Waals surface area (Å²) in [6.07, 6.45) is 8.13. The second kappa shape index (κ2) is 6.19. The van der Waals surface area contributed by atoms with E-state index in [1.165, 1.54) is 15.6 Å². The van der Waals surface area contributed by atoms with Gasteiger partial charge in [-0.25, -0.2) is 9.36 Å². The molecule has 9 heteroatoms. The van der Waals surface area contributed by atoms with Crippen LogP contribution in [0.3, 0.4) is 0 Å². The molecule has 0 bridgehead atoms. The lowest BCUT2D eigenvalue weighted by Gasteiger charge is -2.13. The van der Waals surface area contributed by atoms with Gasteiger partial charge in [-0.1, -0.05) is 23.2 Å². The number of nitrogens with zero attached hydrogens (tertiary/aromatic N) is 6. The molecule has 0 unspecified atom stereocenters. The van der Waals surface area contributed by atoms with Crippen molar-refractivity contribution in [3.8, 4) is 17.1 Å². The molecule has 4 aromatic rings. The highest BCUT2D eigenvalue weighted by atomic mass is 35.5. The smallest absolute Gasteiger partial charge is 0.265 e. The van der Waals surface area contributed by atoms with Crippen molar-refractivity contribution in [2.45, 2.75) is 0 Å². The van der Waals surface area contributed by atoms with Crippen LogP contribution in [0, 0.1) is 0 Å². The van der Waals surface area contributed by atoms with Crippen molar-refractivity contribution in [3.05, 3.63) is 81.7 Å². The minimum absolute atomic E-state index is 0.291. The normalized spacial score (nSPS) is 11.0. The molecule has 0 fully saturated rings. The van der Waals surface area contributed by atoms with Gasteiger partial charge >= 0.3 is 0 Å². The van der Waals surface area contributed by atoms with Gasteiger partial charge in [0.15, 0.2) is 5.69 Å². The van der Waals surface area contributed by atoms with E-state index in [0.717, 1.165) is 0 Å². The molecule has 124 valence electrons. The van der Waals surface area contributed by atoms with Crippen molar-refractivity contribution >= 4 is 23.2 Å². The van der Waals surface area contributed by atoms with Gasteiger partial charge in [0.05, 0.1) is 16.9 Å². The number of hydrogen-bond acceptors (Lipinski definition) is 4. The quantitative estimate of drug-likeness (QED) is 0.554. The molecule has 3 heterocycles. The first-order valence-electron chi connectivity index (χ1n) is 7.23. The molecule has 0 aliphatic heterocycles. The SMILES string of the molecule is O=c1c(-n2cccn2)c(-n2cccn2)cnn1-c1cc(Cl)ccc1Cl. The summed E-state index contributed by atoms with van der Waals surface area (Å²) < 4.78 is 4.21. The molecule has 0 aliphatic carbocycles. The van der Waals surface area contributed by atoms with E-state index in [1.54, 1.807) is 59.8 Å². The highest BCUT2D eigenvalue weighted by Gasteiger charge is 2.18. The average Bonchev–Trinajstić information content (AvgIpc) is 3.30. The van der Waals surface area contributed by atoms with Crippen LogP contribution in [0.25, 0.3) is 17.1 Å². The minimum atomic E-state index is -0.402. The standard InChI is InChI=1S/C16H10Cl2N6O/c17-11-3-4-12(18)13(9-11)24-16(25)15(23-8-2-6-20-23)14(10-21-24)22-7-1-5-19-22/h1-10H. The Morgan fingerprint density at radius 1 is 0.880 bits per heavy atom. The Bertz CT molecular complexity index is 1090. The fourth-order valence-electron chi connectivity index (χ4n) is 2.45. The van der Waals surface area contributed by atoms with E-state index in [-0.39, 0.29) is 0 Å². The van der Waals surface area contributed by atoms with Crippen molar-refractivity contribution < 1.29 is 0 Å². The third kappa shape index (κ3) is 2.73. The fourth-order valence-corrected chi connectivity index (χ4v) is 2.81. The van der Waals surface area contributed by atoms with Crippen LogP contribution in [-0.4, -0.2) is 29.3 Å². The molecule has 4 rings (SSSR count). The van der Waals surface area contributed by atoms with Gasteiger partial charge in [-0.15, -0.1) is 0 Å². The van der Waals surface area contributed by atoms with E-state index < -0.39 is 5.56 Å². The Labute approximate surface area is 151 Å². The number of benzene rings is 1. The van der Waals surface area contributed by atoms with E-state index in [2.05, 4.69) is 15.3 Å². The third-order valence-electron chi connectivity index (χ3n) is 3.55. The van der Waals surface area contributed by atoms with Gasteiger partial charge in [-0.05, 0) is 30.3 Å². The Morgan fingerprint density at radius 2 is 1.60 bits per heavy atom. The second-order valence-electron chi connectivity index (χ2n) is 5.09. The number of rotatable bonds is 3. The zero-order valence-corrected chi connectivity index (χ0v) is 14.1. The van der Waals surface area contributed by atoms with Crippen LogP contribution in [0.4, 0.5) is 0 Å². The molecule has 1 aromatic carbocycles. The first-order valence-corrected chi connectivity index (χ1v) is 7.98. The third-order valence-corrected chi connectivity index (χ3v) is 4.11. The van der Waals surface area contributed by atoms with Gasteiger partial charge < -0.3 is 0 Å². The van der Waals surface area contributed by atoms with Crippen molar-refractivity contribution in [1.29, 1.82) is 0 Å². The van der Waals surface area contributed by atoms with Crippen LogP contribution >= 0.6 is 23.2 Å². The predicted octanol–water partition coefficient (Wildman–Crippen LogP) is 2.91. The summed E-state index contributed by atoms with van der Waals surface area (Å²) in [7, 11) is 0. The van der Waals surface area contributed by atoms with Crippen molar-refractivity contribution in [2.24, 2.45) is 0 Å². The first-order chi connectivity index (χ1) is 12.1. The molecule has 0 N–H and O–H groups in total. The van der Waals surface area contributed by atoms with Crippen LogP contribution in [0.5, 0.6) is 0 Å². The first kappa shape index (κ1) is 15.6. The molecule has 0 amide bonds. The highest BCUT2D eigenvalue weighted by Crippen LogP contribution is 2.23. The maximum Gasteiger partial charge on any atom is 0.299 e. The molecule has 7 nitrogen and oxygen atoms in total. The monoisotopic (exact) mass is 372 g/mol. The summed E-state index contributed by atoms with van der Waals surface area (Å²) in [5, 5.41) is 13.4. The largest absolute Gasteiger partial charge is 0.299 e. The van der Waals surface area contributed by atoms with Gasteiger partial charge in [0, 0.05) is 29.8 Å². The lowest BCUT2D eigenvalue weighted by molar-refractivity contribution is 0.738. The molecule has 25 heavy (non-hydrogen) atoms. The maximum absolute atomic E-state index is 13.1. The predicted molar refractivity (Wildman–Crippen MR) is 94.1 cm³/mol. The molecular formula is C16H10Cl2N6O. The molecular weight excluding hydrogens is 363 g/mol. The van der Waals surface area contributed by atoms with E-state index in [0.29, 0.717) is 27.1 Å². The van der Waals surface area contributed by atoms with Crippen molar-refractivity contribution in [3.63, 3.8) is 0 Å². The Morgan fingerprint density at radius 3 is 2.28 bits per heavy atom. The van der Waals surface area contributed by atoms with Crippen LogP contribution in [0.2, 0.25) is 10.0 Å². The minimum Gasteiger partial charge on any atom is -0.265 e. The summed E-state index contributed by atoms with van der Waals surface area (Å²) in [5.41, 5.74) is 0.772. The zero-order valence-electron chi connectivity index (χ0n) is 12.6. The van der Waals surface area contributed by atoms with Gasteiger partial charge in [0.25, 0.3) is 5.56 Å². The van der Waals surface area contributed by atoms with Crippen LogP contribution < -0.4 is 5.56 Å². The van der Waals surface area contributed by atoms with E-state index in [9.17, 15) is 4.79 Å². The Hall–Kier alpha value is -2.90. The van der Waals surface area contributed by atoms with Crippen LogP contribution in [0.1, 0.15) is 0 Å². The average molecular weight is 373 g/mol. The number of aromatic nitrogens is 6. The summed E-state index contributed by atoms with van der Waals surface area (Å²) in [6, 6.07) is 8.32. The Kier molecular flexibility index (Phi) is 3.87. The summed E-state index contributed by atoms with van der Waals surface area (Å²) in [6.45, 7) is 0. The summed E-state index contributed by atoms with van der Waals surface area (Å²) in [4.78, 5) is 13.1. The number of hydrogen-bond donors (Lipinski definition) is 0. The molecule has 0 radical (unpaired) electrons. The van der Waals surface area contributed by atoms with Gasteiger partial charge in [-0.3, -0.25) is 4.79 Å². The highest BCUT2D eigenvalue weighted by molar-refractivity contribution is 6.34. The number of halogens is 2. The zero-order chi connectivity index (χ0) is 17.4. The van der Waals surface area contributed by atoms with Crippen LogP contribution in [-0.2, 0) is 0 Å². The maximum atomic E-state index is 13.1. The molecule has 0 aliphatic rings. The molecule has 3 aromatic heterocycles. The van der Waals surface area contributed by atoms with E-state index in [4.69, 9.17) is 23.2 Å². The molecule has 0 spiro atoms. The summed E-state index contributed by atoms with van der Waals surface area (Å²) >= 11 is 12.3. The van der Waals surface area contributed by atoms with Crippen molar-refractivity contribution in [2.75, 3.05) is 0 Å². The van der Waals surface area contributed by atoms with Gasteiger partial charge in [0.2, 0.25) is 0 Å². The lowest BCUT2D eigenvalue weighted by atomic mass is 10.3. The molecule has 0 saturated carbocycles. The molecule has 0 saturated heterocycles. The van der Waals surface area contributed by atoms with Gasteiger partial charge in [-0.2, -0.15) is 20.0 Å².